The summed E-state index contributed by atoms with van der Waals surface area (Å²) in [5.74, 6) is -0.264. The molecule has 1 atom stereocenters. The van der Waals surface area contributed by atoms with Crippen LogP contribution >= 0.6 is 0 Å². The summed E-state index contributed by atoms with van der Waals surface area (Å²) in [5, 5.41) is 13.5. The number of carbonyl (C=O) groups is 5. The van der Waals surface area contributed by atoms with Crippen molar-refractivity contribution in [2.45, 2.75) is 58.9 Å². The van der Waals surface area contributed by atoms with Crippen LogP contribution < -0.4 is 26.6 Å². The summed E-state index contributed by atoms with van der Waals surface area (Å²) in [6.45, 7) is 5.42. The third-order valence-electron chi connectivity index (χ3n) is 5.86. The third kappa shape index (κ3) is 16.3. The van der Waals surface area contributed by atoms with Gasteiger partial charge in [0.1, 0.15) is 12.4 Å². The van der Waals surface area contributed by atoms with E-state index in [1.165, 1.54) is 0 Å². The van der Waals surface area contributed by atoms with Gasteiger partial charge in [0.2, 0.25) is 17.7 Å². The minimum atomic E-state index is -0.241. The van der Waals surface area contributed by atoms with Crippen molar-refractivity contribution in [3.63, 3.8) is 0 Å². The van der Waals surface area contributed by atoms with Crippen LogP contribution in [0.5, 0.6) is 0 Å². The smallest absolute Gasteiger partial charge is 0.314 e. The summed E-state index contributed by atoms with van der Waals surface area (Å²) >= 11 is 0. The number of rotatable bonds is 19. The zero-order valence-electron chi connectivity index (χ0n) is 22.8. The molecule has 0 saturated carbocycles. The van der Waals surface area contributed by atoms with Crippen molar-refractivity contribution in [3.8, 4) is 0 Å². The van der Waals surface area contributed by atoms with Crippen LogP contribution in [0, 0.1) is 5.92 Å². The number of nitrogens with one attached hydrogen (secondary N) is 5. The largest absolute Gasteiger partial charge is 0.372 e. The fourth-order valence-electron chi connectivity index (χ4n) is 3.30. The van der Waals surface area contributed by atoms with Crippen molar-refractivity contribution < 1.29 is 28.7 Å². The first-order valence-corrected chi connectivity index (χ1v) is 13.1. The second-order valence-electron chi connectivity index (χ2n) is 9.14. The molecule has 1 aromatic rings. The molecule has 1 rings (SSSR count). The van der Waals surface area contributed by atoms with E-state index in [-0.39, 0.29) is 54.9 Å². The van der Waals surface area contributed by atoms with Crippen LogP contribution in [0.4, 0.5) is 4.79 Å². The highest BCUT2D eigenvalue weighted by atomic mass is 16.5. The van der Waals surface area contributed by atoms with Crippen molar-refractivity contribution in [3.05, 3.63) is 35.4 Å². The quantitative estimate of drug-likeness (QED) is 0.168. The summed E-state index contributed by atoms with van der Waals surface area (Å²) in [6.07, 6.45) is 3.59. The van der Waals surface area contributed by atoms with Crippen molar-refractivity contribution >= 4 is 29.5 Å². The number of benzene rings is 1. The summed E-state index contributed by atoms with van der Waals surface area (Å²) in [6, 6.07) is 7.10. The number of urea groups is 1. The molecule has 5 N–H and O–H groups in total. The lowest BCUT2D eigenvalue weighted by molar-refractivity contribution is -0.126. The molecular weight excluding hydrogens is 490 g/mol. The highest BCUT2D eigenvalue weighted by molar-refractivity contribution is 5.80. The first-order valence-electron chi connectivity index (χ1n) is 13.1. The van der Waals surface area contributed by atoms with Gasteiger partial charge in [0, 0.05) is 52.2 Å². The molecule has 0 aromatic heterocycles. The Labute approximate surface area is 225 Å². The average Bonchev–Trinajstić information content (AvgIpc) is 2.89. The number of hydrogen-bond acceptors (Lipinski definition) is 6. The Bertz CT molecular complexity index is 890. The Morgan fingerprint density at radius 2 is 1.45 bits per heavy atom. The molecule has 11 nitrogen and oxygen atoms in total. The maximum absolute atomic E-state index is 12.0. The Kier molecular flexibility index (Phi) is 16.8. The molecule has 5 amide bonds. The topological polar surface area (TPSA) is 155 Å². The van der Waals surface area contributed by atoms with Crippen molar-refractivity contribution in [2.24, 2.45) is 5.92 Å². The first-order chi connectivity index (χ1) is 18.2. The van der Waals surface area contributed by atoms with E-state index in [2.05, 4.69) is 26.6 Å². The van der Waals surface area contributed by atoms with Gasteiger partial charge in [-0.25, -0.2) is 4.79 Å². The van der Waals surface area contributed by atoms with Crippen molar-refractivity contribution in [2.75, 3.05) is 39.9 Å². The number of carbonyl (C=O) groups excluding carboxylic acids is 5. The first kappa shape index (κ1) is 32.6. The summed E-state index contributed by atoms with van der Waals surface area (Å²) in [4.78, 5) is 58.0. The van der Waals surface area contributed by atoms with Crippen LogP contribution in [0.3, 0.4) is 0 Å². The summed E-state index contributed by atoms with van der Waals surface area (Å²) in [5.41, 5.74) is 1.73. The van der Waals surface area contributed by atoms with Gasteiger partial charge in [-0.05, 0) is 37.3 Å². The van der Waals surface area contributed by atoms with E-state index in [9.17, 15) is 24.0 Å². The molecule has 0 aliphatic rings. The molecule has 0 saturated heterocycles. The molecule has 0 spiro atoms. The highest BCUT2D eigenvalue weighted by Crippen LogP contribution is 2.08. The van der Waals surface area contributed by atoms with Crippen LogP contribution in [-0.4, -0.2) is 69.4 Å². The van der Waals surface area contributed by atoms with Crippen LogP contribution in [-0.2, 0) is 36.9 Å². The molecule has 1 unspecified atom stereocenters. The van der Waals surface area contributed by atoms with Gasteiger partial charge in [0.15, 0.2) is 0 Å². The molecule has 0 radical (unpaired) electrons. The van der Waals surface area contributed by atoms with E-state index in [0.29, 0.717) is 39.2 Å². The van der Waals surface area contributed by atoms with Crippen LogP contribution in [0.1, 0.15) is 57.1 Å². The molecule has 0 aliphatic heterocycles. The monoisotopic (exact) mass is 533 g/mol. The fraction of sp³-hybridized carbons (Fsp3) is 0.593. The van der Waals surface area contributed by atoms with Crippen molar-refractivity contribution in [1.82, 2.24) is 26.6 Å². The third-order valence-corrected chi connectivity index (χ3v) is 5.86. The van der Waals surface area contributed by atoms with Gasteiger partial charge in [-0.15, -0.1) is 0 Å². The lowest BCUT2D eigenvalue weighted by Crippen LogP contribution is -2.37. The molecule has 38 heavy (non-hydrogen) atoms. The zero-order valence-corrected chi connectivity index (χ0v) is 22.8. The highest BCUT2D eigenvalue weighted by Gasteiger charge is 2.08. The number of amides is 5. The molecule has 212 valence electrons. The minimum absolute atomic E-state index is 0.0675. The molecular formula is C27H43N5O6. The predicted octanol–water partition coefficient (Wildman–Crippen LogP) is 1.20. The normalized spacial score (nSPS) is 11.2. The molecule has 0 bridgehead atoms. The number of Topliss-reactive ketones (excluding diaryl/α,β-unsaturated/α-hetero) is 1. The Morgan fingerprint density at radius 1 is 0.789 bits per heavy atom. The van der Waals surface area contributed by atoms with Gasteiger partial charge in [-0.1, -0.05) is 37.6 Å². The predicted molar refractivity (Wildman–Crippen MR) is 144 cm³/mol. The number of hydrogen-bond donors (Lipinski definition) is 5. The van der Waals surface area contributed by atoms with Gasteiger partial charge in [0.05, 0.1) is 6.42 Å². The Hall–Kier alpha value is -3.47. The standard InChI is InChI=1S/C27H43N5O6/c1-20(21(2)33)7-4-5-13-30-27(37)31-14-6-16-38-19-26(36)32-18-23-10-8-22(9-11-23)17-25(35)29-15-12-24(34)28-3/h8-11,20H,4-7,12-19H2,1-3H3,(H,28,34)(H,29,35)(H,32,36)(H2,30,31,37). The molecule has 0 aliphatic carbocycles. The second kappa shape index (κ2) is 19.6. The van der Waals surface area contributed by atoms with E-state index >= 15 is 0 Å². The average molecular weight is 534 g/mol. The van der Waals surface area contributed by atoms with Gasteiger partial charge < -0.3 is 31.3 Å². The van der Waals surface area contributed by atoms with E-state index in [0.717, 1.165) is 30.4 Å². The van der Waals surface area contributed by atoms with E-state index in [4.69, 9.17) is 4.74 Å². The van der Waals surface area contributed by atoms with E-state index in [1.54, 1.807) is 14.0 Å². The van der Waals surface area contributed by atoms with E-state index in [1.807, 2.05) is 31.2 Å². The SMILES string of the molecule is CNC(=O)CCNC(=O)Cc1ccc(CNC(=O)COCCCNC(=O)NCCCCC(C)C(C)=O)cc1. The maximum Gasteiger partial charge on any atom is 0.314 e. The van der Waals surface area contributed by atoms with Crippen molar-refractivity contribution in [1.29, 1.82) is 0 Å². The van der Waals surface area contributed by atoms with Gasteiger partial charge in [-0.3, -0.25) is 19.2 Å². The zero-order chi connectivity index (χ0) is 28.2. The number of ketones is 1. The second-order valence-corrected chi connectivity index (χ2v) is 9.14. The maximum atomic E-state index is 12.0. The molecule has 0 fully saturated rings. The van der Waals surface area contributed by atoms with E-state index < -0.39 is 0 Å². The van der Waals surface area contributed by atoms with Gasteiger partial charge in [-0.2, -0.15) is 0 Å². The molecule has 1 aromatic carbocycles. The molecule has 0 heterocycles. The minimum Gasteiger partial charge on any atom is -0.372 e. The van der Waals surface area contributed by atoms with Crippen LogP contribution in [0.15, 0.2) is 24.3 Å². The number of unbranched alkanes of at least 4 members (excludes halogenated alkanes) is 1. The number of ether oxygens (including phenoxy) is 1. The van der Waals surface area contributed by atoms with Crippen LogP contribution in [0.2, 0.25) is 0 Å². The Balaban J connectivity index is 2.06. The van der Waals surface area contributed by atoms with Gasteiger partial charge in [0.25, 0.3) is 0 Å². The Morgan fingerprint density at radius 3 is 2.11 bits per heavy atom. The lowest BCUT2D eigenvalue weighted by atomic mass is 10.0. The summed E-state index contributed by atoms with van der Waals surface area (Å²) in [7, 11) is 1.55. The fourth-order valence-corrected chi connectivity index (χ4v) is 3.30. The molecule has 11 heteroatoms. The summed E-state index contributed by atoms with van der Waals surface area (Å²) < 4.78 is 5.36. The van der Waals surface area contributed by atoms with Gasteiger partial charge >= 0.3 is 6.03 Å². The lowest BCUT2D eigenvalue weighted by Gasteiger charge is -2.10. The van der Waals surface area contributed by atoms with Crippen LogP contribution in [0.25, 0.3) is 0 Å².